The van der Waals surface area contributed by atoms with E-state index in [0.29, 0.717) is 12.2 Å². The fourth-order valence-corrected chi connectivity index (χ4v) is 3.07. The molecule has 0 spiro atoms. The van der Waals surface area contributed by atoms with Crippen molar-refractivity contribution < 1.29 is 9.53 Å². The van der Waals surface area contributed by atoms with Crippen molar-refractivity contribution >= 4 is 17.8 Å². The lowest BCUT2D eigenvalue weighted by atomic mass is 10.2. The molecule has 0 aliphatic carbocycles. The highest BCUT2D eigenvalue weighted by Crippen LogP contribution is 2.16. The Morgan fingerprint density at radius 3 is 2.40 bits per heavy atom. The van der Waals surface area contributed by atoms with Gasteiger partial charge in [0.1, 0.15) is 12.4 Å². The maximum Gasteiger partial charge on any atom is 0.271 e. The van der Waals surface area contributed by atoms with Crippen molar-refractivity contribution in [3.63, 3.8) is 0 Å². The molecule has 0 aliphatic heterocycles. The van der Waals surface area contributed by atoms with Crippen molar-refractivity contribution in [2.24, 2.45) is 5.10 Å². The van der Waals surface area contributed by atoms with E-state index >= 15 is 0 Å². The van der Waals surface area contributed by atoms with Gasteiger partial charge in [-0.15, -0.1) is 0 Å². The molecule has 3 aromatic carbocycles. The van der Waals surface area contributed by atoms with Crippen LogP contribution in [0.4, 0.5) is 5.69 Å². The predicted octanol–water partition coefficient (Wildman–Crippen LogP) is 4.88. The lowest BCUT2D eigenvalue weighted by molar-refractivity contribution is 0.0955. The summed E-state index contributed by atoms with van der Waals surface area (Å²) in [5.41, 5.74) is 6.21. The van der Waals surface area contributed by atoms with Crippen LogP contribution in [0.15, 0.2) is 84.0 Å². The van der Waals surface area contributed by atoms with Gasteiger partial charge < -0.3 is 9.64 Å². The van der Waals surface area contributed by atoms with Crippen molar-refractivity contribution in [1.29, 1.82) is 0 Å². The minimum atomic E-state index is -0.242. The summed E-state index contributed by atoms with van der Waals surface area (Å²) in [6, 6.07) is 25.1. The van der Waals surface area contributed by atoms with Crippen LogP contribution >= 0.6 is 0 Å². The van der Waals surface area contributed by atoms with Crippen LogP contribution in [0.3, 0.4) is 0 Å². The maximum atomic E-state index is 12.3. The first-order valence-electron chi connectivity index (χ1n) is 10.1. The molecule has 0 saturated carbocycles. The number of rotatable bonds is 9. The molecular weight excluding hydrogens is 374 g/mol. The Balaban J connectivity index is 1.55. The van der Waals surface area contributed by atoms with E-state index in [2.05, 4.69) is 29.3 Å². The molecule has 0 bridgehead atoms. The van der Waals surface area contributed by atoms with Crippen molar-refractivity contribution in [1.82, 2.24) is 5.43 Å². The standard InChI is InChI=1S/C25H27N3O2/c1-3-28(4-2)23-15-13-22(14-16-23)25(29)27-26-18-21-11-8-12-24(17-21)30-19-20-9-6-5-7-10-20/h5-18H,3-4,19H2,1-2H3,(H,27,29)/b26-18-. The van der Waals surface area contributed by atoms with Gasteiger partial charge in [-0.25, -0.2) is 5.43 Å². The molecule has 3 rings (SSSR count). The molecule has 0 saturated heterocycles. The van der Waals surface area contributed by atoms with Crippen molar-refractivity contribution in [3.8, 4) is 5.75 Å². The molecule has 0 atom stereocenters. The summed E-state index contributed by atoms with van der Waals surface area (Å²) in [5.74, 6) is 0.509. The monoisotopic (exact) mass is 401 g/mol. The summed E-state index contributed by atoms with van der Waals surface area (Å²) in [6.07, 6.45) is 1.61. The summed E-state index contributed by atoms with van der Waals surface area (Å²) in [5, 5.41) is 4.08. The number of nitrogens with zero attached hydrogens (tertiary/aromatic N) is 2. The molecule has 154 valence electrons. The lowest BCUT2D eigenvalue weighted by Gasteiger charge is -2.20. The Morgan fingerprint density at radius 2 is 1.70 bits per heavy atom. The second-order valence-corrected chi connectivity index (χ2v) is 6.77. The zero-order valence-corrected chi connectivity index (χ0v) is 17.4. The fourth-order valence-electron chi connectivity index (χ4n) is 3.07. The van der Waals surface area contributed by atoms with Gasteiger partial charge in [-0.2, -0.15) is 5.10 Å². The molecule has 1 amide bonds. The third-order valence-corrected chi connectivity index (χ3v) is 4.74. The number of hydrogen-bond acceptors (Lipinski definition) is 4. The highest BCUT2D eigenvalue weighted by Gasteiger charge is 2.06. The normalized spacial score (nSPS) is 10.7. The van der Waals surface area contributed by atoms with Gasteiger partial charge in [-0.05, 0) is 61.4 Å². The number of carbonyl (C=O) groups is 1. The number of nitrogens with one attached hydrogen (secondary N) is 1. The molecule has 0 unspecified atom stereocenters. The van der Waals surface area contributed by atoms with Gasteiger partial charge in [0, 0.05) is 24.3 Å². The maximum absolute atomic E-state index is 12.3. The Bertz CT molecular complexity index is 965. The fraction of sp³-hybridized carbons (Fsp3) is 0.200. The predicted molar refractivity (Wildman–Crippen MR) is 122 cm³/mol. The molecule has 1 N–H and O–H groups in total. The number of ether oxygens (including phenoxy) is 1. The van der Waals surface area contributed by atoms with E-state index in [1.807, 2.05) is 78.9 Å². The van der Waals surface area contributed by atoms with Crippen LogP contribution in [-0.2, 0) is 6.61 Å². The smallest absolute Gasteiger partial charge is 0.271 e. The van der Waals surface area contributed by atoms with Crippen LogP contribution in [-0.4, -0.2) is 25.2 Å². The summed E-state index contributed by atoms with van der Waals surface area (Å²) in [7, 11) is 0. The zero-order valence-electron chi connectivity index (χ0n) is 17.4. The van der Waals surface area contributed by atoms with Crippen molar-refractivity contribution in [2.75, 3.05) is 18.0 Å². The third-order valence-electron chi connectivity index (χ3n) is 4.74. The molecule has 30 heavy (non-hydrogen) atoms. The summed E-state index contributed by atoms with van der Waals surface area (Å²) in [4.78, 5) is 14.5. The van der Waals surface area contributed by atoms with Gasteiger partial charge in [0.2, 0.25) is 0 Å². The van der Waals surface area contributed by atoms with Crippen LogP contribution in [0.5, 0.6) is 5.75 Å². The molecular formula is C25H27N3O2. The summed E-state index contributed by atoms with van der Waals surface area (Å²) in [6.45, 7) is 6.59. The average molecular weight is 402 g/mol. The molecule has 0 radical (unpaired) electrons. The summed E-state index contributed by atoms with van der Waals surface area (Å²) < 4.78 is 5.83. The lowest BCUT2D eigenvalue weighted by Crippen LogP contribution is -2.22. The van der Waals surface area contributed by atoms with Crippen LogP contribution in [0.1, 0.15) is 35.3 Å². The highest BCUT2D eigenvalue weighted by atomic mass is 16.5. The Labute approximate surface area is 178 Å². The number of anilines is 1. The van der Waals surface area contributed by atoms with Gasteiger partial charge in [-0.3, -0.25) is 4.79 Å². The first-order valence-corrected chi connectivity index (χ1v) is 10.1. The van der Waals surface area contributed by atoms with E-state index < -0.39 is 0 Å². The zero-order chi connectivity index (χ0) is 21.2. The summed E-state index contributed by atoms with van der Waals surface area (Å²) >= 11 is 0. The number of benzene rings is 3. The first-order chi connectivity index (χ1) is 14.7. The Hall–Kier alpha value is -3.60. The van der Waals surface area contributed by atoms with E-state index in [4.69, 9.17) is 4.74 Å². The largest absolute Gasteiger partial charge is 0.489 e. The van der Waals surface area contributed by atoms with Crippen LogP contribution in [0, 0.1) is 0 Å². The molecule has 0 fully saturated rings. The van der Waals surface area contributed by atoms with Gasteiger partial charge >= 0.3 is 0 Å². The van der Waals surface area contributed by atoms with Gasteiger partial charge in [0.25, 0.3) is 5.91 Å². The third kappa shape index (κ3) is 5.95. The van der Waals surface area contributed by atoms with Crippen molar-refractivity contribution in [3.05, 3.63) is 95.6 Å². The molecule has 5 heteroatoms. The number of carbonyl (C=O) groups excluding carboxylic acids is 1. The second kappa shape index (κ2) is 10.8. The van der Waals surface area contributed by atoms with E-state index in [1.54, 1.807) is 6.21 Å². The Morgan fingerprint density at radius 1 is 0.967 bits per heavy atom. The number of amides is 1. The van der Waals surface area contributed by atoms with Crippen LogP contribution in [0.25, 0.3) is 0 Å². The molecule has 5 nitrogen and oxygen atoms in total. The highest BCUT2D eigenvalue weighted by molar-refractivity contribution is 5.95. The number of hydrogen-bond donors (Lipinski definition) is 1. The minimum absolute atomic E-state index is 0.242. The van der Waals surface area contributed by atoms with E-state index in [1.165, 1.54) is 0 Å². The molecule has 0 aromatic heterocycles. The van der Waals surface area contributed by atoms with Gasteiger partial charge in [0.05, 0.1) is 6.21 Å². The second-order valence-electron chi connectivity index (χ2n) is 6.77. The van der Waals surface area contributed by atoms with E-state index in [0.717, 1.165) is 35.7 Å². The molecule has 3 aromatic rings. The SMILES string of the molecule is CCN(CC)c1ccc(C(=O)N/N=C\c2cccc(OCc3ccccc3)c2)cc1. The van der Waals surface area contributed by atoms with Gasteiger partial charge in [-0.1, -0.05) is 42.5 Å². The van der Waals surface area contributed by atoms with E-state index in [9.17, 15) is 4.79 Å². The molecule has 0 heterocycles. The minimum Gasteiger partial charge on any atom is -0.489 e. The van der Waals surface area contributed by atoms with Crippen LogP contribution < -0.4 is 15.1 Å². The topological polar surface area (TPSA) is 53.9 Å². The molecule has 0 aliphatic rings. The van der Waals surface area contributed by atoms with Crippen molar-refractivity contribution in [2.45, 2.75) is 20.5 Å². The van der Waals surface area contributed by atoms with Crippen LogP contribution in [0.2, 0.25) is 0 Å². The average Bonchev–Trinajstić information content (AvgIpc) is 2.80. The number of hydrazone groups is 1. The first kappa shape index (κ1) is 21.1. The Kier molecular flexibility index (Phi) is 7.61. The van der Waals surface area contributed by atoms with Gasteiger partial charge in [0.15, 0.2) is 0 Å². The quantitative estimate of drug-likeness (QED) is 0.411. The van der Waals surface area contributed by atoms with E-state index in [-0.39, 0.29) is 5.91 Å².